The van der Waals surface area contributed by atoms with Gasteiger partial charge in [0, 0.05) is 27.9 Å². The van der Waals surface area contributed by atoms with Gasteiger partial charge < -0.3 is 4.57 Å². The highest BCUT2D eigenvalue weighted by molar-refractivity contribution is 8.00. The molecule has 3 nitrogen and oxygen atoms in total. The van der Waals surface area contributed by atoms with Crippen molar-refractivity contribution in [1.82, 2.24) is 14.5 Å². The summed E-state index contributed by atoms with van der Waals surface area (Å²) in [5.74, 6) is 0. The van der Waals surface area contributed by atoms with Crippen molar-refractivity contribution in [3.63, 3.8) is 0 Å². The number of rotatable bonds is 2. The van der Waals surface area contributed by atoms with Gasteiger partial charge >= 0.3 is 0 Å². The summed E-state index contributed by atoms with van der Waals surface area (Å²) in [6.45, 7) is 0.263. The molecule has 6 heteroatoms. The van der Waals surface area contributed by atoms with Gasteiger partial charge in [0.15, 0.2) is 0 Å². The number of pyridine rings is 2. The SMILES string of the molecule is c1ccc2c(c1)Sc1cccc3c1B2c1ccccc1C31c2ccccc2B(c2ccc(-n3c4cccnc4c4ncccc43)cc2)c2ccccc21. The van der Waals surface area contributed by atoms with Gasteiger partial charge in [-0.2, -0.15) is 0 Å². The van der Waals surface area contributed by atoms with Gasteiger partial charge in [-0.25, -0.2) is 0 Å². The van der Waals surface area contributed by atoms with Gasteiger partial charge in [0.25, 0.3) is 0 Å². The molecular weight excluding hydrogens is 660 g/mol. The third kappa shape index (κ3) is 3.83. The smallest absolute Gasteiger partial charge is 0.245 e. The van der Waals surface area contributed by atoms with Crippen molar-refractivity contribution >= 4 is 80.0 Å². The fraction of sp³-hybridized carbons (Fsp3) is 0.0213. The van der Waals surface area contributed by atoms with Gasteiger partial charge in [0.1, 0.15) is 11.0 Å². The zero-order chi connectivity index (χ0) is 34.7. The van der Waals surface area contributed by atoms with Crippen LogP contribution in [0.1, 0.15) is 22.3 Å². The van der Waals surface area contributed by atoms with Crippen molar-refractivity contribution in [3.8, 4) is 5.69 Å². The second-order valence-electron chi connectivity index (χ2n) is 14.4. The molecule has 0 radical (unpaired) electrons. The molecule has 0 saturated heterocycles. The molecule has 53 heavy (non-hydrogen) atoms. The summed E-state index contributed by atoms with van der Waals surface area (Å²) in [4.78, 5) is 12.2. The molecule has 3 aliphatic rings. The van der Waals surface area contributed by atoms with Crippen molar-refractivity contribution in [3.05, 3.63) is 198 Å². The van der Waals surface area contributed by atoms with Gasteiger partial charge in [0.05, 0.1) is 16.4 Å². The van der Waals surface area contributed by atoms with Crippen LogP contribution in [0.15, 0.2) is 186 Å². The Hall–Kier alpha value is -6.10. The van der Waals surface area contributed by atoms with Gasteiger partial charge in [0.2, 0.25) is 13.4 Å². The predicted octanol–water partition coefficient (Wildman–Crippen LogP) is 6.08. The minimum Gasteiger partial charge on any atom is -0.306 e. The number of hydrogen-bond acceptors (Lipinski definition) is 3. The number of hydrogen-bond donors (Lipinski definition) is 0. The van der Waals surface area contributed by atoms with Gasteiger partial charge in [-0.1, -0.05) is 160 Å². The van der Waals surface area contributed by atoms with E-state index >= 15 is 0 Å². The van der Waals surface area contributed by atoms with Crippen LogP contribution >= 0.6 is 11.8 Å². The van der Waals surface area contributed by atoms with E-state index in [9.17, 15) is 0 Å². The van der Waals surface area contributed by atoms with E-state index in [-0.39, 0.29) is 13.4 Å². The molecule has 0 atom stereocenters. The van der Waals surface area contributed by atoms with Crippen LogP contribution < -0.4 is 32.8 Å². The first-order chi connectivity index (χ1) is 26.3. The van der Waals surface area contributed by atoms with E-state index in [1.54, 1.807) is 0 Å². The van der Waals surface area contributed by atoms with Crippen LogP contribution in [0.3, 0.4) is 0 Å². The lowest BCUT2D eigenvalue weighted by Crippen LogP contribution is -2.68. The van der Waals surface area contributed by atoms with Gasteiger partial charge in [-0.15, -0.1) is 0 Å². The third-order valence-electron chi connectivity index (χ3n) is 12.0. The molecule has 6 heterocycles. The zero-order valence-corrected chi connectivity index (χ0v) is 29.5. The molecule has 3 aliphatic heterocycles. The van der Waals surface area contributed by atoms with Crippen LogP contribution in [-0.2, 0) is 5.41 Å². The molecule has 6 aromatic carbocycles. The van der Waals surface area contributed by atoms with Crippen LogP contribution in [0.5, 0.6) is 0 Å². The standard InChI is InChI=1S/C47H29B2N3S/c1-4-16-36-32(12-1)47(34-14-3-6-18-38(34)49-39-19-7-8-22-42(39)53-43-23-9-15-35(47)44(43)49)33-13-2-5-17-37(33)48(36)30-24-26-31(27-25-30)52-40-20-10-28-50-45(40)46-41(52)21-11-29-51-46/h1-29H. The summed E-state index contributed by atoms with van der Waals surface area (Å²) in [6, 6.07) is 61.3. The Balaban J connectivity index is 1.10. The summed E-state index contributed by atoms with van der Waals surface area (Å²) in [5, 5.41) is 0. The Morgan fingerprint density at radius 2 is 0.943 bits per heavy atom. The molecule has 244 valence electrons. The number of fused-ring (bicyclic) bond motifs is 13. The van der Waals surface area contributed by atoms with Crippen molar-refractivity contribution in [2.75, 3.05) is 0 Å². The molecule has 0 fully saturated rings. The molecule has 0 saturated carbocycles. The maximum absolute atomic E-state index is 4.72. The van der Waals surface area contributed by atoms with Crippen molar-refractivity contribution in [2.24, 2.45) is 0 Å². The predicted molar refractivity (Wildman–Crippen MR) is 221 cm³/mol. The number of aromatic nitrogens is 3. The van der Waals surface area contributed by atoms with E-state index in [0.29, 0.717) is 0 Å². The monoisotopic (exact) mass is 689 g/mol. The first-order valence-corrected chi connectivity index (χ1v) is 19.1. The van der Waals surface area contributed by atoms with Crippen molar-refractivity contribution < 1.29 is 0 Å². The average Bonchev–Trinajstić information content (AvgIpc) is 3.56. The third-order valence-corrected chi connectivity index (χ3v) is 13.2. The normalized spacial score (nSPS) is 14.4. The van der Waals surface area contributed by atoms with Gasteiger partial charge in [-0.05, 0) is 70.8 Å². The highest BCUT2D eigenvalue weighted by Crippen LogP contribution is 2.48. The summed E-state index contributed by atoms with van der Waals surface area (Å²) in [6.07, 6.45) is 3.70. The van der Waals surface area contributed by atoms with E-state index < -0.39 is 5.41 Å². The molecule has 0 amide bonds. The summed E-state index contributed by atoms with van der Waals surface area (Å²) >= 11 is 1.92. The first kappa shape index (κ1) is 29.5. The second kappa shape index (κ2) is 11.0. The Morgan fingerprint density at radius 1 is 0.434 bits per heavy atom. The minimum absolute atomic E-state index is 0.0723. The Morgan fingerprint density at radius 3 is 1.57 bits per heavy atom. The molecule has 0 bridgehead atoms. The zero-order valence-electron chi connectivity index (χ0n) is 28.6. The molecule has 0 N–H and O–H groups in total. The summed E-state index contributed by atoms with van der Waals surface area (Å²) < 4.78 is 2.29. The van der Waals surface area contributed by atoms with Crippen LogP contribution in [0.25, 0.3) is 27.8 Å². The Kier molecular flexibility index (Phi) is 6.09. The van der Waals surface area contributed by atoms with E-state index in [4.69, 9.17) is 9.97 Å². The van der Waals surface area contributed by atoms with E-state index in [0.717, 1.165) is 27.8 Å². The summed E-state index contributed by atoms with van der Waals surface area (Å²) in [5.41, 5.74) is 18.4. The Labute approximate surface area is 312 Å². The largest absolute Gasteiger partial charge is 0.306 e. The maximum Gasteiger partial charge on any atom is 0.245 e. The lowest BCUT2D eigenvalue weighted by atomic mass is 9.26. The van der Waals surface area contributed by atoms with E-state index in [2.05, 4.69) is 156 Å². The van der Waals surface area contributed by atoms with E-state index in [1.165, 1.54) is 64.8 Å². The number of nitrogens with zero attached hydrogens (tertiary/aromatic N) is 3. The minimum atomic E-state index is -0.460. The molecule has 12 rings (SSSR count). The molecule has 1 spiro atoms. The fourth-order valence-electron chi connectivity index (χ4n) is 10.1. The van der Waals surface area contributed by atoms with Crippen molar-refractivity contribution in [1.29, 1.82) is 0 Å². The quantitative estimate of drug-likeness (QED) is 0.207. The molecule has 3 aromatic heterocycles. The van der Waals surface area contributed by atoms with Crippen molar-refractivity contribution in [2.45, 2.75) is 15.2 Å². The molecular formula is C47H29B2N3S. The molecule has 9 aromatic rings. The summed E-state index contributed by atoms with van der Waals surface area (Å²) in [7, 11) is 0. The maximum atomic E-state index is 4.72. The van der Waals surface area contributed by atoms with Crippen LogP contribution in [-0.4, -0.2) is 28.0 Å². The van der Waals surface area contributed by atoms with Crippen LogP contribution in [0, 0.1) is 0 Å². The number of benzene rings is 6. The molecule has 0 aliphatic carbocycles. The second-order valence-corrected chi connectivity index (χ2v) is 15.5. The van der Waals surface area contributed by atoms with Crippen LogP contribution in [0.4, 0.5) is 0 Å². The molecule has 0 unspecified atom stereocenters. The lowest BCUT2D eigenvalue weighted by molar-refractivity contribution is 0.754. The first-order valence-electron chi connectivity index (χ1n) is 18.3. The fourth-order valence-corrected chi connectivity index (χ4v) is 11.2. The highest BCUT2D eigenvalue weighted by Gasteiger charge is 2.54. The topological polar surface area (TPSA) is 30.7 Å². The van der Waals surface area contributed by atoms with E-state index in [1.807, 2.05) is 36.3 Å². The Bertz CT molecular complexity index is 2870. The average molecular weight is 689 g/mol. The highest BCUT2D eigenvalue weighted by atomic mass is 32.2. The van der Waals surface area contributed by atoms with Gasteiger partial charge in [-0.3, -0.25) is 9.97 Å². The van der Waals surface area contributed by atoms with Crippen LogP contribution in [0.2, 0.25) is 0 Å². The lowest BCUT2D eigenvalue weighted by Gasteiger charge is -2.50.